The standard InChI is InChI=1S/C22H21F4NO6S/c1-4-33-22(29)15(20(28)14-9-16(23)19(26)21(32-3)18(14)25)10-27-11-17(24)34(30)13-7-5-12(31-2)6-8-13/h5-10,17,28H,4,11H2,1-3H3/b20-15+,27-10?. The third-order valence-electron chi connectivity index (χ3n) is 4.32. The van der Waals surface area contributed by atoms with E-state index in [9.17, 15) is 31.7 Å². The minimum Gasteiger partial charge on any atom is -0.506 e. The van der Waals surface area contributed by atoms with Crippen molar-refractivity contribution < 1.29 is 45.9 Å². The molecule has 2 atom stereocenters. The van der Waals surface area contributed by atoms with E-state index in [1.54, 1.807) is 0 Å². The fourth-order valence-electron chi connectivity index (χ4n) is 2.65. The molecule has 7 nitrogen and oxygen atoms in total. The second-order valence-corrected chi connectivity index (χ2v) is 8.00. The van der Waals surface area contributed by atoms with Crippen molar-refractivity contribution in [2.45, 2.75) is 17.3 Å². The van der Waals surface area contributed by atoms with E-state index < -0.39 is 68.9 Å². The summed E-state index contributed by atoms with van der Waals surface area (Å²) >= 11 is 0. The minimum absolute atomic E-state index is 0.153. The fraction of sp³-hybridized carbons (Fsp3) is 0.273. The third kappa shape index (κ3) is 6.13. The van der Waals surface area contributed by atoms with Gasteiger partial charge in [0, 0.05) is 11.1 Å². The number of alkyl halides is 1. The van der Waals surface area contributed by atoms with E-state index in [1.165, 1.54) is 38.3 Å². The third-order valence-corrected chi connectivity index (χ3v) is 5.67. The maximum Gasteiger partial charge on any atom is 0.343 e. The largest absolute Gasteiger partial charge is 0.506 e. The van der Waals surface area contributed by atoms with Crippen LogP contribution < -0.4 is 9.47 Å². The van der Waals surface area contributed by atoms with E-state index in [0.717, 1.165) is 7.11 Å². The van der Waals surface area contributed by atoms with Crippen LogP contribution in [0.15, 0.2) is 45.8 Å². The molecule has 2 aromatic rings. The first kappa shape index (κ1) is 26.8. The second kappa shape index (κ2) is 12.2. The zero-order valence-corrected chi connectivity index (χ0v) is 19.1. The van der Waals surface area contributed by atoms with Crippen LogP contribution in [-0.4, -0.2) is 54.4 Å². The number of hydrogen-bond donors (Lipinski definition) is 1. The highest BCUT2D eigenvalue weighted by Gasteiger charge is 2.26. The lowest BCUT2D eigenvalue weighted by Gasteiger charge is -2.11. The number of ether oxygens (including phenoxy) is 3. The molecule has 0 amide bonds. The van der Waals surface area contributed by atoms with Crippen LogP contribution in [0.2, 0.25) is 0 Å². The zero-order valence-electron chi connectivity index (χ0n) is 18.3. The highest BCUT2D eigenvalue weighted by molar-refractivity contribution is 7.85. The van der Waals surface area contributed by atoms with Gasteiger partial charge in [0.1, 0.15) is 17.1 Å². The smallest absolute Gasteiger partial charge is 0.343 e. The number of esters is 1. The van der Waals surface area contributed by atoms with Crippen molar-refractivity contribution in [1.82, 2.24) is 0 Å². The average molecular weight is 503 g/mol. The van der Waals surface area contributed by atoms with Gasteiger partial charge in [-0.05, 0) is 37.3 Å². The monoisotopic (exact) mass is 503 g/mol. The number of aliphatic hydroxyl groups is 1. The average Bonchev–Trinajstić information content (AvgIpc) is 2.83. The van der Waals surface area contributed by atoms with Gasteiger partial charge in [0.15, 0.2) is 22.9 Å². The molecule has 0 aromatic heterocycles. The van der Waals surface area contributed by atoms with Crippen LogP contribution in [0.25, 0.3) is 5.76 Å². The predicted molar refractivity (Wildman–Crippen MR) is 117 cm³/mol. The van der Waals surface area contributed by atoms with E-state index in [1.807, 2.05) is 0 Å². The number of carbonyl (C=O) groups is 1. The van der Waals surface area contributed by atoms with Gasteiger partial charge in [-0.25, -0.2) is 18.0 Å². The van der Waals surface area contributed by atoms with Gasteiger partial charge in [0.05, 0.1) is 43.7 Å². The number of rotatable bonds is 10. The lowest BCUT2D eigenvalue weighted by Crippen LogP contribution is -2.15. The van der Waals surface area contributed by atoms with Crippen LogP contribution in [0.1, 0.15) is 12.5 Å². The molecule has 2 rings (SSSR count). The molecule has 0 saturated heterocycles. The number of nitrogens with zero attached hydrogens (tertiary/aromatic N) is 1. The summed E-state index contributed by atoms with van der Waals surface area (Å²) in [5.74, 6) is -7.67. The lowest BCUT2D eigenvalue weighted by atomic mass is 10.1. The Balaban J connectivity index is 2.36. The Hall–Kier alpha value is -3.41. The summed E-state index contributed by atoms with van der Waals surface area (Å²) in [5, 5.41) is 10.4. The van der Waals surface area contributed by atoms with Gasteiger partial charge >= 0.3 is 5.97 Å². The molecule has 0 spiro atoms. The number of carbonyl (C=O) groups excluding carboxylic acids is 1. The SMILES string of the molecule is CCOC(=O)/C(C=NCC(F)S(=O)c1ccc(OC)cc1)=C(/O)c1cc(F)c(F)c(OC)c1F. The van der Waals surface area contributed by atoms with Gasteiger partial charge in [0.25, 0.3) is 0 Å². The van der Waals surface area contributed by atoms with Crippen LogP contribution in [-0.2, 0) is 20.3 Å². The van der Waals surface area contributed by atoms with Gasteiger partial charge in [-0.15, -0.1) is 0 Å². The molecule has 0 bridgehead atoms. The van der Waals surface area contributed by atoms with Crippen LogP contribution in [0.5, 0.6) is 11.5 Å². The normalized spacial score (nSPS) is 13.9. The first-order valence-corrected chi connectivity index (χ1v) is 10.9. The fourth-order valence-corrected chi connectivity index (χ4v) is 3.57. The highest BCUT2D eigenvalue weighted by Crippen LogP contribution is 2.31. The van der Waals surface area contributed by atoms with E-state index in [-0.39, 0.29) is 11.5 Å². The first-order valence-electron chi connectivity index (χ1n) is 9.66. The van der Waals surface area contributed by atoms with Crippen molar-refractivity contribution in [2.75, 3.05) is 27.4 Å². The van der Waals surface area contributed by atoms with Gasteiger partial charge in [-0.2, -0.15) is 4.39 Å². The molecule has 34 heavy (non-hydrogen) atoms. The summed E-state index contributed by atoms with van der Waals surface area (Å²) in [6.07, 6.45) is 0.665. The number of hydrogen-bond acceptors (Lipinski definition) is 7. The van der Waals surface area contributed by atoms with Gasteiger partial charge < -0.3 is 19.3 Å². The topological polar surface area (TPSA) is 94.4 Å². The lowest BCUT2D eigenvalue weighted by molar-refractivity contribution is -0.137. The van der Waals surface area contributed by atoms with Crippen molar-refractivity contribution >= 4 is 28.7 Å². The number of halogens is 4. The maximum atomic E-state index is 14.5. The molecule has 0 aliphatic heterocycles. The van der Waals surface area contributed by atoms with Crippen molar-refractivity contribution in [3.8, 4) is 11.5 Å². The molecule has 0 fully saturated rings. The summed E-state index contributed by atoms with van der Waals surface area (Å²) < 4.78 is 83.0. The zero-order chi connectivity index (χ0) is 25.4. The molecule has 0 aliphatic carbocycles. The summed E-state index contributed by atoms with van der Waals surface area (Å²) in [6.45, 7) is 0.582. The number of aliphatic hydroxyl groups excluding tert-OH is 1. The van der Waals surface area contributed by atoms with Crippen LogP contribution in [0, 0.1) is 17.5 Å². The molecule has 0 heterocycles. The Morgan fingerprint density at radius 2 is 1.79 bits per heavy atom. The Labute approximate surface area is 195 Å². The van der Waals surface area contributed by atoms with Crippen molar-refractivity contribution in [2.24, 2.45) is 4.99 Å². The van der Waals surface area contributed by atoms with E-state index in [2.05, 4.69) is 9.73 Å². The molecule has 184 valence electrons. The van der Waals surface area contributed by atoms with E-state index in [0.29, 0.717) is 18.0 Å². The molecule has 0 aliphatic rings. The quantitative estimate of drug-likeness (QED) is 0.131. The van der Waals surface area contributed by atoms with Gasteiger partial charge in [-0.3, -0.25) is 9.20 Å². The first-order chi connectivity index (χ1) is 16.2. The Morgan fingerprint density at radius 3 is 2.35 bits per heavy atom. The molecule has 1 N–H and O–H groups in total. The molecular formula is C22H21F4NO6S. The molecular weight excluding hydrogens is 482 g/mol. The molecule has 2 unspecified atom stereocenters. The minimum atomic E-state index is -2.13. The Bertz CT molecular complexity index is 1120. The Kier molecular flexibility index (Phi) is 9.60. The van der Waals surface area contributed by atoms with E-state index in [4.69, 9.17) is 9.47 Å². The number of methoxy groups -OCH3 is 2. The summed E-state index contributed by atoms with van der Waals surface area (Å²) in [5.41, 5.74) is -3.68. The molecule has 0 radical (unpaired) electrons. The highest BCUT2D eigenvalue weighted by atomic mass is 32.2. The summed E-state index contributed by atoms with van der Waals surface area (Å²) in [7, 11) is 0.188. The Morgan fingerprint density at radius 1 is 1.15 bits per heavy atom. The molecule has 12 heteroatoms. The van der Waals surface area contributed by atoms with Crippen LogP contribution in [0.4, 0.5) is 17.6 Å². The number of aliphatic imine (C=N–C) groups is 1. The van der Waals surface area contributed by atoms with Crippen molar-refractivity contribution in [3.05, 3.63) is 58.9 Å². The second-order valence-electron chi connectivity index (χ2n) is 6.43. The van der Waals surface area contributed by atoms with Crippen LogP contribution >= 0.6 is 0 Å². The molecule has 0 saturated carbocycles. The predicted octanol–water partition coefficient (Wildman–Crippen LogP) is 4.13. The maximum absolute atomic E-state index is 14.5. The van der Waals surface area contributed by atoms with Crippen molar-refractivity contribution in [1.29, 1.82) is 0 Å². The summed E-state index contributed by atoms with van der Waals surface area (Å²) in [4.78, 5) is 16.1. The van der Waals surface area contributed by atoms with Crippen LogP contribution in [0.3, 0.4) is 0 Å². The molecule has 2 aromatic carbocycles. The van der Waals surface area contributed by atoms with Gasteiger partial charge in [-0.1, -0.05) is 0 Å². The van der Waals surface area contributed by atoms with Gasteiger partial charge in [0.2, 0.25) is 5.82 Å². The van der Waals surface area contributed by atoms with Crippen molar-refractivity contribution in [3.63, 3.8) is 0 Å². The van der Waals surface area contributed by atoms with E-state index >= 15 is 0 Å². The number of benzene rings is 2. The summed E-state index contributed by atoms with van der Waals surface area (Å²) in [6, 6.07) is 6.10.